The summed E-state index contributed by atoms with van der Waals surface area (Å²) >= 11 is 0. The fourth-order valence-corrected chi connectivity index (χ4v) is 4.53. The van der Waals surface area contributed by atoms with E-state index in [2.05, 4.69) is 27.7 Å². The van der Waals surface area contributed by atoms with E-state index in [0.717, 1.165) is 0 Å². The lowest BCUT2D eigenvalue weighted by atomic mass is 9.74. The minimum atomic E-state index is -0.463. The van der Waals surface area contributed by atoms with Crippen LogP contribution in [0.4, 0.5) is 4.79 Å². The number of carbonyl (C=O) groups is 1. The van der Waals surface area contributed by atoms with Crippen LogP contribution in [0, 0.1) is 35.5 Å². The molecule has 0 heterocycles. The number of hydrogen-bond donors (Lipinski definition) is 0. The third-order valence-electron chi connectivity index (χ3n) is 6.35. The summed E-state index contributed by atoms with van der Waals surface area (Å²) in [6.45, 7) is 10.2. The van der Waals surface area contributed by atoms with Gasteiger partial charge in [-0.25, -0.2) is 4.79 Å². The monoisotopic (exact) mass is 310 g/mol. The minimum Gasteiger partial charge on any atom is -0.434 e. The highest BCUT2D eigenvalue weighted by Crippen LogP contribution is 2.35. The highest BCUT2D eigenvalue weighted by atomic mass is 16.7. The first-order valence-corrected chi connectivity index (χ1v) is 9.28. The van der Waals surface area contributed by atoms with Crippen LogP contribution in [0.15, 0.2) is 0 Å². The van der Waals surface area contributed by atoms with Crippen LogP contribution in [-0.4, -0.2) is 19.4 Å². The molecule has 0 saturated heterocycles. The summed E-state index contributed by atoms with van der Waals surface area (Å²) in [5, 5.41) is 0. The molecule has 3 nitrogen and oxygen atoms in total. The Balaban J connectivity index is 1.71. The van der Waals surface area contributed by atoms with Crippen molar-refractivity contribution in [3.63, 3.8) is 0 Å². The molecule has 2 aliphatic rings. The standard InChI is InChI=1S/C19H34O3/c1-13-7-5-8-14(2)17(13)11-21-19(20)22-12-18-15(3)9-6-10-16(18)4/h13-18H,5-12H2,1-4H3. The van der Waals surface area contributed by atoms with Gasteiger partial charge in [0.05, 0.1) is 13.2 Å². The van der Waals surface area contributed by atoms with Crippen molar-refractivity contribution in [1.82, 2.24) is 0 Å². The molecule has 22 heavy (non-hydrogen) atoms. The molecule has 0 aromatic carbocycles. The van der Waals surface area contributed by atoms with Crippen molar-refractivity contribution in [2.24, 2.45) is 35.5 Å². The zero-order valence-electron chi connectivity index (χ0n) is 14.8. The molecule has 0 aliphatic heterocycles. The van der Waals surface area contributed by atoms with Gasteiger partial charge in [-0.05, 0) is 35.5 Å². The van der Waals surface area contributed by atoms with Crippen molar-refractivity contribution >= 4 is 6.16 Å². The Hall–Kier alpha value is -0.730. The second-order valence-corrected chi connectivity index (χ2v) is 7.97. The van der Waals surface area contributed by atoms with Gasteiger partial charge in [0, 0.05) is 0 Å². The van der Waals surface area contributed by atoms with Crippen LogP contribution in [0.25, 0.3) is 0 Å². The molecule has 2 fully saturated rings. The van der Waals surface area contributed by atoms with E-state index in [1.54, 1.807) is 0 Å². The van der Waals surface area contributed by atoms with Gasteiger partial charge in [-0.2, -0.15) is 0 Å². The van der Waals surface area contributed by atoms with Crippen molar-refractivity contribution in [3.05, 3.63) is 0 Å². The van der Waals surface area contributed by atoms with E-state index in [1.165, 1.54) is 38.5 Å². The summed E-state index contributed by atoms with van der Waals surface area (Å²) in [7, 11) is 0. The summed E-state index contributed by atoms with van der Waals surface area (Å²) < 4.78 is 10.8. The molecule has 0 bridgehead atoms. The molecule has 0 amide bonds. The van der Waals surface area contributed by atoms with Crippen LogP contribution in [0.3, 0.4) is 0 Å². The second-order valence-electron chi connectivity index (χ2n) is 7.97. The first-order valence-electron chi connectivity index (χ1n) is 9.28. The number of carbonyl (C=O) groups excluding carboxylic acids is 1. The Morgan fingerprint density at radius 3 is 1.36 bits per heavy atom. The highest BCUT2D eigenvalue weighted by molar-refractivity contribution is 5.59. The Kier molecular flexibility index (Phi) is 6.58. The molecule has 3 heteroatoms. The summed E-state index contributed by atoms with van der Waals surface area (Å²) in [5.74, 6) is 3.58. The normalized spacial score (nSPS) is 39.3. The second kappa shape index (κ2) is 8.21. The quantitative estimate of drug-likeness (QED) is 0.662. The summed E-state index contributed by atoms with van der Waals surface area (Å²) in [4.78, 5) is 11.9. The Morgan fingerprint density at radius 1 is 0.727 bits per heavy atom. The Labute approximate surface area is 136 Å². The number of ether oxygens (including phenoxy) is 2. The largest absolute Gasteiger partial charge is 0.508 e. The first kappa shape index (κ1) is 17.6. The van der Waals surface area contributed by atoms with E-state index in [4.69, 9.17) is 9.47 Å². The fraction of sp³-hybridized carbons (Fsp3) is 0.947. The van der Waals surface area contributed by atoms with Crippen LogP contribution in [-0.2, 0) is 9.47 Å². The molecule has 4 atom stereocenters. The van der Waals surface area contributed by atoms with Gasteiger partial charge in [0.2, 0.25) is 0 Å². The lowest BCUT2D eigenvalue weighted by molar-refractivity contribution is -0.00134. The molecule has 128 valence electrons. The molecular formula is C19H34O3. The van der Waals surface area contributed by atoms with Gasteiger partial charge < -0.3 is 9.47 Å². The predicted molar refractivity (Wildman–Crippen MR) is 88.6 cm³/mol. The summed E-state index contributed by atoms with van der Waals surface area (Å²) in [6.07, 6.45) is 7.17. The van der Waals surface area contributed by atoms with Crippen molar-refractivity contribution < 1.29 is 14.3 Å². The molecule has 0 radical (unpaired) electrons. The van der Waals surface area contributed by atoms with Crippen LogP contribution < -0.4 is 0 Å². The van der Waals surface area contributed by atoms with Crippen molar-refractivity contribution in [3.8, 4) is 0 Å². The van der Waals surface area contributed by atoms with Crippen LogP contribution in [0.1, 0.15) is 66.2 Å². The van der Waals surface area contributed by atoms with Gasteiger partial charge >= 0.3 is 6.16 Å². The number of hydrogen-bond acceptors (Lipinski definition) is 3. The van der Waals surface area contributed by atoms with Crippen molar-refractivity contribution in [2.75, 3.05) is 13.2 Å². The van der Waals surface area contributed by atoms with E-state index in [1.807, 2.05) is 0 Å². The zero-order valence-corrected chi connectivity index (χ0v) is 14.8. The number of rotatable bonds is 4. The zero-order chi connectivity index (χ0) is 16.1. The Morgan fingerprint density at radius 2 is 1.05 bits per heavy atom. The van der Waals surface area contributed by atoms with Gasteiger partial charge in [0.15, 0.2) is 0 Å². The highest BCUT2D eigenvalue weighted by Gasteiger charge is 2.31. The maximum Gasteiger partial charge on any atom is 0.508 e. The van der Waals surface area contributed by atoms with Gasteiger partial charge in [-0.3, -0.25) is 0 Å². The van der Waals surface area contributed by atoms with Gasteiger partial charge in [-0.15, -0.1) is 0 Å². The fourth-order valence-electron chi connectivity index (χ4n) is 4.53. The van der Waals surface area contributed by atoms with Crippen LogP contribution in [0.5, 0.6) is 0 Å². The molecule has 0 N–H and O–H groups in total. The lowest BCUT2D eigenvalue weighted by Crippen LogP contribution is -2.32. The van der Waals surface area contributed by atoms with Gasteiger partial charge in [0.25, 0.3) is 0 Å². The smallest absolute Gasteiger partial charge is 0.434 e. The molecule has 2 saturated carbocycles. The molecule has 0 aromatic rings. The summed E-state index contributed by atoms with van der Waals surface area (Å²) in [6, 6.07) is 0. The topological polar surface area (TPSA) is 35.5 Å². The van der Waals surface area contributed by atoms with Crippen molar-refractivity contribution in [1.29, 1.82) is 0 Å². The van der Waals surface area contributed by atoms with E-state index in [-0.39, 0.29) is 0 Å². The molecule has 0 spiro atoms. The van der Waals surface area contributed by atoms with E-state index >= 15 is 0 Å². The van der Waals surface area contributed by atoms with Crippen LogP contribution >= 0.6 is 0 Å². The molecule has 4 unspecified atom stereocenters. The lowest BCUT2D eigenvalue weighted by Gasteiger charge is -2.35. The Bertz CT molecular complexity index is 303. The van der Waals surface area contributed by atoms with E-state index in [9.17, 15) is 4.79 Å². The minimum absolute atomic E-state index is 0.463. The first-order chi connectivity index (χ1) is 10.5. The average molecular weight is 310 g/mol. The van der Waals surface area contributed by atoms with E-state index < -0.39 is 6.16 Å². The van der Waals surface area contributed by atoms with E-state index in [0.29, 0.717) is 48.7 Å². The molecular weight excluding hydrogens is 276 g/mol. The third-order valence-corrected chi connectivity index (χ3v) is 6.35. The van der Waals surface area contributed by atoms with Crippen molar-refractivity contribution in [2.45, 2.75) is 66.2 Å². The molecule has 2 aliphatic carbocycles. The summed E-state index contributed by atoms with van der Waals surface area (Å²) in [5.41, 5.74) is 0. The molecule has 0 aromatic heterocycles. The van der Waals surface area contributed by atoms with Gasteiger partial charge in [-0.1, -0.05) is 66.2 Å². The SMILES string of the molecule is CC1CCCC(C)C1COC(=O)OCC1C(C)CCCC1C. The maximum atomic E-state index is 11.9. The van der Waals surface area contributed by atoms with Crippen LogP contribution in [0.2, 0.25) is 0 Å². The predicted octanol–water partition coefficient (Wildman–Crippen LogP) is 5.28. The third kappa shape index (κ3) is 4.63. The average Bonchev–Trinajstić information content (AvgIpc) is 2.46. The molecule has 2 rings (SSSR count). The van der Waals surface area contributed by atoms with Gasteiger partial charge in [0.1, 0.15) is 0 Å². The maximum absolute atomic E-state index is 11.9.